The molecule has 0 heterocycles. The van der Waals surface area contributed by atoms with E-state index in [1.54, 1.807) is 11.8 Å². The largest absolute Gasteiger partial charge is 0.344 e. The first-order valence-corrected chi connectivity index (χ1v) is 8.14. The number of aryl methyl sites for hydroxylation is 2. The van der Waals surface area contributed by atoms with E-state index in [9.17, 15) is 4.79 Å². The Morgan fingerprint density at radius 2 is 1.91 bits per heavy atom. The van der Waals surface area contributed by atoms with Crippen molar-refractivity contribution in [2.24, 2.45) is 0 Å². The quantitative estimate of drug-likeness (QED) is 0.691. The molecule has 22 heavy (non-hydrogen) atoms. The molecular weight excluding hydrogens is 290 g/mol. The molecule has 0 spiro atoms. The minimum atomic E-state index is 0.00766. The summed E-state index contributed by atoms with van der Waals surface area (Å²) < 4.78 is 0. The number of nitrogens with one attached hydrogen (secondary N) is 1. The fraction of sp³-hybridized carbons (Fsp3) is 0.211. The smallest absolute Gasteiger partial charge is 0.231 e. The molecule has 0 atom stereocenters. The van der Waals surface area contributed by atoms with Gasteiger partial charge >= 0.3 is 0 Å². The van der Waals surface area contributed by atoms with Crippen molar-refractivity contribution >= 4 is 17.7 Å². The molecule has 0 radical (unpaired) electrons. The first kappa shape index (κ1) is 16.2. The standard InChI is InChI=1S/C19H19NOS/c1-15-10-11-16(2)18(13-15)22-14-19(21)20-12-6-9-17-7-4-3-5-8-17/h3-5,7-8,10-11,13H,12,14H2,1-2H3,(H,20,21). The van der Waals surface area contributed by atoms with E-state index in [-0.39, 0.29) is 5.91 Å². The summed E-state index contributed by atoms with van der Waals surface area (Å²) in [6.45, 7) is 4.49. The third-order valence-corrected chi connectivity index (χ3v) is 4.24. The molecule has 3 heteroatoms. The molecule has 0 aliphatic rings. The van der Waals surface area contributed by atoms with E-state index in [0.29, 0.717) is 12.3 Å². The van der Waals surface area contributed by atoms with E-state index in [1.807, 2.05) is 30.3 Å². The summed E-state index contributed by atoms with van der Waals surface area (Å²) in [4.78, 5) is 13.0. The van der Waals surface area contributed by atoms with E-state index >= 15 is 0 Å². The lowest BCUT2D eigenvalue weighted by Crippen LogP contribution is -2.25. The van der Waals surface area contributed by atoms with Crippen LogP contribution in [0, 0.1) is 25.7 Å². The summed E-state index contributed by atoms with van der Waals surface area (Å²) in [5.41, 5.74) is 3.37. The molecule has 0 fully saturated rings. The van der Waals surface area contributed by atoms with E-state index in [0.717, 1.165) is 10.5 Å². The van der Waals surface area contributed by atoms with Gasteiger partial charge in [0.1, 0.15) is 0 Å². The van der Waals surface area contributed by atoms with Gasteiger partial charge in [0.05, 0.1) is 12.3 Å². The number of amides is 1. The lowest BCUT2D eigenvalue weighted by molar-refractivity contribution is -0.118. The van der Waals surface area contributed by atoms with Crippen LogP contribution in [0.15, 0.2) is 53.4 Å². The predicted octanol–water partition coefficient (Wildman–Crippen LogP) is 3.56. The summed E-state index contributed by atoms with van der Waals surface area (Å²) in [6.07, 6.45) is 0. The molecule has 112 valence electrons. The monoisotopic (exact) mass is 309 g/mol. The number of rotatable bonds is 4. The van der Waals surface area contributed by atoms with Crippen molar-refractivity contribution in [2.45, 2.75) is 18.7 Å². The van der Waals surface area contributed by atoms with Crippen molar-refractivity contribution in [1.29, 1.82) is 0 Å². The number of benzene rings is 2. The van der Waals surface area contributed by atoms with Crippen LogP contribution in [-0.4, -0.2) is 18.2 Å². The van der Waals surface area contributed by atoms with Crippen molar-refractivity contribution in [1.82, 2.24) is 5.32 Å². The maximum absolute atomic E-state index is 11.8. The summed E-state index contributed by atoms with van der Waals surface area (Å²) >= 11 is 1.56. The van der Waals surface area contributed by atoms with Crippen LogP contribution in [0.2, 0.25) is 0 Å². The molecule has 2 aromatic rings. The van der Waals surface area contributed by atoms with Crippen molar-refractivity contribution in [2.75, 3.05) is 12.3 Å². The Kier molecular flexibility index (Phi) is 6.12. The average molecular weight is 309 g/mol. The highest BCUT2D eigenvalue weighted by molar-refractivity contribution is 8.00. The van der Waals surface area contributed by atoms with Crippen molar-refractivity contribution < 1.29 is 4.79 Å². The zero-order valence-electron chi connectivity index (χ0n) is 12.8. The topological polar surface area (TPSA) is 29.1 Å². The zero-order chi connectivity index (χ0) is 15.8. The Morgan fingerprint density at radius 1 is 1.14 bits per heavy atom. The normalized spacial score (nSPS) is 9.73. The molecule has 0 saturated heterocycles. The highest BCUT2D eigenvalue weighted by atomic mass is 32.2. The highest BCUT2D eigenvalue weighted by Gasteiger charge is 2.04. The minimum Gasteiger partial charge on any atom is -0.344 e. The fourth-order valence-corrected chi connectivity index (χ4v) is 2.82. The van der Waals surface area contributed by atoms with Crippen LogP contribution in [0.1, 0.15) is 16.7 Å². The Morgan fingerprint density at radius 3 is 2.68 bits per heavy atom. The fourth-order valence-electron chi connectivity index (χ4n) is 1.87. The van der Waals surface area contributed by atoms with Gasteiger partial charge in [-0.05, 0) is 37.6 Å². The van der Waals surface area contributed by atoms with E-state index < -0.39 is 0 Å². The molecule has 2 rings (SSSR count). The van der Waals surface area contributed by atoms with E-state index in [2.05, 4.69) is 49.2 Å². The highest BCUT2D eigenvalue weighted by Crippen LogP contribution is 2.23. The first-order valence-electron chi connectivity index (χ1n) is 7.16. The maximum atomic E-state index is 11.8. The molecule has 0 bridgehead atoms. The number of hydrogen-bond acceptors (Lipinski definition) is 2. The van der Waals surface area contributed by atoms with Crippen LogP contribution in [0.5, 0.6) is 0 Å². The molecule has 2 nitrogen and oxygen atoms in total. The van der Waals surface area contributed by atoms with Crippen molar-refractivity contribution in [3.63, 3.8) is 0 Å². The van der Waals surface area contributed by atoms with Gasteiger partial charge in [-0.2, -0.15) is 0 Å². The second kappa shape index (κ2) is 8.31. The Hall–Kier alpha value is -2.18. The molecule has 0 saturated carbocycles. The summed E-state index contributed by atoms with van der Waals surface area (Å²) in [5.74, 6) is 6.40. The molecule has 1 N–H and O–H groups in total. The predicted molar refractivity (Wildman–Crippen MR) is 93.0 cm³/mol. The van der Waals surface area contributed by atoms with Gasteiger partial charge in [0.25, 0.3) is 0 Å². The Labute approximate surface area is 136 Å². The van der Waals surface area contributed by atoms with Gasteiger partial charge in [-0.15, -0.1) is 11.8 Å². The summed E-state index contributed by atoms with van der Waals surface area (Å²) in [7, 11) is 0. The van der Waals surface area contributed by atoms with Gasteiger partial charge in [-0.3, -0.25) is 4.79 Å². The van der Waals surface area contributed by atoms with Crippen molar-refractivity contribution in [3.8, 4) is 11.8 Å². The Bertz CT molecular complexity index is 698. The second-order valence-corrected chi connectivity index (χ2v) is 6.02. The van der Waals surface area contributed by atoms with E-state index in [4.69, 9.17) is 0 Å². The van der Waals surface area contributed by atoms with Crippen LogP contribution in [0.25, 0.3) is 0 Å². The lowest BCUT2D eigenvalue weighted by atomic mass is 10.2. The molecule has 0 unspecified atom stereocenters. The second-order valence-electron chi connectivity index (χ2n) is 5.00. The summed E-state index contributed by atoms with van der Waals surface area (Å²) in [5, 5.41) is 2.82. The van der Waals surface area contributed by atoms with Gasteiger partial charge in [-0.1, -0.05) is 47.7 Å². The van der Waals surface area contributed by atoms with E-state index in [1.165, 1.54) is 11.1 Å². The van der Waals surface area contributed by atoms with Gasteiger partial charge < -0.3 is 5.32 Å². The van der Waals surface area contributed by atoms with Gasteiger partial charge in [-0.25, -0.2) is 0 Å². The van der Waals surface area contributed by atoms with Gasteiger partial charge in [0.2, 0.25) is 5.91 Å². The minimum absolute atomic E-state index is 0.00766. The average Bonchev–Trinajstić information content (AvgIpc) is 2.53. The Balaban J connectivity index is 1.77. The molecule has 0 aliphatic carbocycles. The summed E-state index contributed by atoms with van der Waals surface area (Å²) in [6, 6.07) is 16.0. The van der Waals surface area contributed by atoms with Gasteiger partial charge in [0, 0.05) is 10.5 Å². The van der Waals surface area contributed by atoms with Crippen molar-refractivity contribution in [3.05, 3.63) is 65.2 Å². The number of thioether (sulfide) groups is 1. The molecule has 0 aliphatic heterocycles. The van der Waals surface area contributed by atoms with Crippen LogP contribution >= 0.6 is 11.8 Å². The molecule has 0 aromatic heterocycles. The number of carbonyl (C=O) groups is 1. The first-order chi connectivity index (χ1) is 10.6. The van der Waals surface area contributed by atoms with Crippen LogP contribution in [0.3, 0.4) is 0 Å². The lowest BCUT2D eigenvalue weighted by Gasteiger charge is -2.06. The third kappa shape index (κ3) is 5.31. The maximum Gasteiger partial charge on any atom is 0.231 e. The zero-order valence-corrected chi connectivity index (χ0v) is 13.7. The van der Waals surface area contributed by atoms with Crippen LogP contribution in [0.4, 0.5) is 0 Å². The molecular formula is C19H19NOS. The third-order valence-electron chi connectivity index (χ3n) is 3.08. The molecule has 1 amide bonds. The van der Waals surface area contributed by atoms with Crippen LogP contribution in [-0.2, 0) is 4.79 Å². The SMILES string of the molecule is Cc1ccc(C)c(SCC(=O)NCC#Cc2ccccc2)c1. The number of hydrogen-bond donors (Lipinski definition) is 1. The number of carbonyl (C=O) groups excluding carboxylic acids is 1. The van der Waals surface area contributed by atoms with Gasteiger partial charge in [0.15, 0.2) is 0 Å². The van der Waals surface area contributed by atoms with Crippen LogP contribution < -0.4 is 5.32 Å². The molecule has 2 aromatic carbocycles.